The molecule has 0 aliphatic carbocycles. The molecule has 3 heterocycles. The van der Waals surface area contributed by atoms with Crippen LogP contribution in [0.15, 0.2) is 48.8 Å². The van der Waals surface area contributed by atoms with Crippen LogP contribution in [0.25, 0.3) is 5.52 Å². The van der Waals surface area contributed by atoms with Crippen molar-refractivity contribution in [1.29, 1.82) is 0 Å². The van der Waals surface area contributed by atoms with Gasteiger partial charge in [-0.2, -0.15) is 13.2 Å². The highest BCUT2D eigenvalue weighted by molar-refractivity contribution is 5.83. The van der Waals surface area contributed by atoms with Gasteiger partial charge in [0.25, 0.3) is 0 Å². The van der Waals surface area contributed by atoms with Crippen LogP contribution in [0.3, 0.4) is 0 Å². The van der Waals surface area contributed by atoms with Crippen LogP contribution in [0, 0.1) is 6.92 Å². The minimum Gasteiger partial charge on any atom is -0.343 e. The highest BCUT2D eigenvalue weighted by atomic mass is 19.4. The maximum Gasteiger partial charge on any atom is 0.416 e. The number of nitrogens with zero attached hydrogens (tertiary/aromatic N) is 3. The molecule has 6 nitrogen and oxygen atoms in total. The van der Waals surface area contributed by atoms with Gasteiger partial charge in [-0.25, -0.2) is 4.98 Å². The van der Waals surface area contributed by atoms with Crippen LogP contribution in [0.2, 0.25) is 0 Å². The van der Waals surface area contributed by atoms with Crippen LogP contribution >= 0.6 is 0 Å². The Bertz CT molecular complexity index is 1140. The van der Waals surface area contributed by atoms with Crippen molar-refractivity contribution < 1.29 is 18.0 Å². The Hall–Kier alpha value is -2.91. The standard InChI is InChI=1S/C24H28F3N5O/c1-16-5-4-11-32-19(16)14-29-22(32)23(2,3)30-21(33)20-13-28-10-12-31(20)15-17-6-8-18(9-7-17)24(25,26)27/h4-9,11,14,20,28H,10,12-13,15H2,1-3H3,(H,30,33)/t20-/m0/s1. The fourth-order valence-corrected chi connectivity index (χ4v) is 4.30. The Balaban J connectivity index is 1.50. The van der Waals surface area contributed by atoms with Crippen LogP contribution in [-0.4, -0.2) is 45.9 Å². The van der Waals surface area contributed by atoms with E-state index in [1.807, 2.05) is 48.4 Å². The van der Waals surface area contributed by atoms with Gasteiger partial charge in [-0.3, -0.25) is 9.69 Å². The van der Waals surface area contributed by atoms with Crippen molar-refractivity contribution in [3.63, 3.8) is 0 Å². The van der Waals surface area contributed by atoms with Gasteiger partial charge in [0.2, 0.25) is 5.91 Å². The van der Waals surface area contributed by atoms with Gasteiger partial charge in [0.15, 0.2) is 0 Å². The number of aromatic nitrogens is 2. The number of pyridine rings is 1. The number of amides is 1. The van der Waals surface area contributed by atoms with E-state index in [1.54, 1.807) is 6.20 Å². The average molecular weight is 460 g/mol. The van der Waals surface area contributed by atoms with Crippen molar-refractivity contribution in [3.8, 4) is 0 Å². The first-order chi connectivity index (χ1) is 15.6. The van der Waals surface area contributed by atoms with Crippen molar-refractivity contribution in [2.45, 2.75) is 45.1 Å². The number of hydrogen-bond donors (Lipinski definition) is 2. The SMILES string of the molecule is Cc1cccn2c(C(C)(C)NC(=O)[C@@H]3CNCCN3Cc3ccc(C(F)(F)F)cc3)ncc12. The first-order valence-electron chi connectivity index (χ1n) is 10.9. The summed E-state index contributed by atoms with van der Waals surface area (Å²) in [6.45, 7) is 8.02. The number of halogens is 3. The van der Waals surface area contributed by atoms with Gasteiger partial charge in [0, 0.05) is 32.4 Å². The van der Waals surface area contributed by atoms with E-state index in [2.05, 4.69) is 15.6 Å². The van der Waals surface area contributed by atoms with Gasteiger partial charge in [-0.05, 0) is 50.1 Å². The van der Waals surface area contributed by atoms with Gasteiger partial charge >= 0.3 is 6.18 Å². The number of benzene rings is 1. The van der Waals surface area contributed by atoms with Crippen molar-refractivity contribution in [2.24, 2.45) is 0 Å². The zero-order valence-electron chi connectivity index (χ0n) is 18.9. The van der Waals surface area contributed by atoms with Gasteiger partial charge in [-0.1, -0.05) is 18.2 Å². The van der Waals surface area contributed by atoms with Crippen LogP contribution in [0.1, 0.15) is 36.4 Å². The molecule has 1 fully saturated rings. The maximum absolute atomic E-state index is 13.3. The van der Waals surface area contributed by atoms with Gasteiger partial charge in [0.05, 0.1) is 22.8 Å². The first-order valence-corrected chi connectivity index (χ1v) is 10.9. The first kappa shape index (κ1) is 23.3. The average Bonchev–Trinajstić information content (AvgIpc) is 3.20. The number of hydrogen-bond acceptors (Lipinski definition) is 4. The second-order valence-electron chi connectivity index (χ2n) is 9.03. The topological polar surface area (TPSA) is 61.7 Å². The molecule has 0 radical (unpaired) electrons. The fraction of sp³-hybridized carbons (Fsp3) is 0.417. The van der Waals surface area contributed by atoms with Crippen LogP contribution < -0.4 is 10.6 Å². The molecule has 0 unspecified atom stereocenters. The largest absolute Gasteiger partial charge is 0.416 e. The Labute approximate surface area is 190 Å². The van der Waals surface area contributed by atoms with E-state index < -0.39 is 23.3 Å². The van der Waals surface area contributed by atoms with Gasteiger partial charge in [0.1, 0.15) is 11.9 Å². The highest BCUT2D eigenvalue weighted by Gasteiger charge is 2.35. The summed E-state index contributed by atoms with van der Waals surface area (Å²) in [5.41, 5.74) is 1.41. The Morgan fingerprint density at radius 3 is 2.64 bits per heavy atom. The predicted molar refractivity (Wildman–Crippen MR) is 120 cm³/mol. The number of imidazole rings is 1. The molecule has 2 aromatic heterocycles. The normalized spacial score (nSPS) is 17.9. The van der Waals surface area contributed by atoms with Crippen LogP contribution in [-0.2, 0) is 23.1 Å². The smallest absolute Gasteiger partial charge is 0.343 e. The molecule has 33 heavy (non-hydrogen) atoms. The van der Waals surface area contributed by atoms with E-state index in [4.69, 9.17) is 0 Å². The molecule has 0 saturated carbocycles. The minimum absolute atomic E-state index is 0.150. The number of nitrogens with one attached hydrogen (secondary N) is 2. The molecule has 1 aromatic carbocycles. The van der Waals surface area contributed by atoms with Gasteiger partial charge < -0.3 is 15.0 Å². The Kier molecular flexibility index (Phi) is 6.20. The summed E-state index contributed by atoms with van der Waals surface area (Å²) in [5.74, 6) is 0.580. The molecule has 0 bridgehead atoms. The third-order valence-electron chi connectivity index (χ3n) is 6.10. The van der Waals surface area contributed by atoms with E-state index in [9.17, 15) is 18.0 Å². The van der Waals surface area contributed by atoms with Crippen molar-refractivity contribution in [3.05, 3.63) is 71.3 Å². The Morgan fingerprint density at radius 1 is 1.21 bits per heavy atom. The summed E-state index contributed by atoms with van der Waals surface area (Å²) in [7, 11) is 0. The fourth-order valence-electron chi connectivity index (χ4n) is 4.30. The van der Waals surface area contributed by atoms with Crippen molar-refractivity contribution in [2.75, 3.05) is 19.6 Å². The number of carbonyl (C=O) groups is 1. The summed E-state index contributed by atoms with van der Waals surface area (Å²) in [6.07, 6.45) is -0.633. The van der Waals surface area contributed by atoms with E-state index in [0.29, 0.717) is 26.2 Å². The molecule has 9 heteroatoms. The molecule has 1 aliphatic heterocycles. The summed E-state index contributed by atoms with van der Waals surface area (Å²) < 4.78 is 40.6. The summed E-state index contributed by atoms with van der Waals surface area (Å²) >= 11 is 0. The molecule has 4 rings (SSSR count). The lowest BCUT2D eigenvalue weighted by molar-refractivity contribution is -0.137. The van der Waals surface area contributed by atoms with Crippen molar-refractivity contribution in [1.82, 2.24) is 24.9 Å². The lowest BCUT2D eigenvalue weighted by Gasteiger charge is -2.37. The molecule has 3 aromatic rings. The number of rotatable bonds is 5. The molecule has 1 aliphatic rings. The second kappa shape index (κ2) is 8.79. The number of fused-ring (bicyclic) bond motifs is 1. The van der Waals surface area contributed by atoms with E-state index >= 15 is 0 Å². The number of piperazine rings is 1. The molecule has 1 saturated heterocycles. The number of aryl methyl sites for hydroxylation is 1. The maximum atomic E-state index is 13.3. The van der Waals surface area contributed by atoms with Crippen molar-refractivity contribution >= 4 is 11.4 Å². The summed E-state index contributed by atoms with van der Waals surface area (Å²) in [4.78, 5) is 19.9. The molecule has 1 amide bonds. The lowest BCUT2D eigenvalue weighted by Crippen LogP contribution is -2.59. The third-order valence-corrected chi connectivity index (χ3v) is 6.10. The molecule has 0 spiro atoms. The number of carbonyl (C=O) groups excluding carboxylic acids is 1. The van der Waals surface area contributed by atoms with Crippen LogP contribution in [0.5, 0.6) is 0 Å². The quantitative estimate of drug-likeness (QED) is 0.613. The molecule has 2 N–H and O–H groups in total. The van der Waals surface area contributed by atoms with E-state index in [-0.39, 0.29) is 5.91 Å². The summed E-state index contributed by atoms with van der Waals surface area (Å²) in [6, 6.07) is 8.63. The third kappa shape index (κ3) is 4.89. The lowest BCUT2D eigenvalue weighted by atomic mass is 10.0. The monoisotopic (exact) mass is 459 g/mol. The Morgan fingerprint density at radius 2 is 1.94 bits per heavy atom. The highest BCUT2D eigenvalue weighted by Crippen LogP contribution is 2.29. The van der Waals surface area contributed by atoms with E-state index in [1.165, 1.54) is 12.1 Å². The number of alkyl halides is 3. The summed E-state index contributed by atoms with van der Waals surface area (Å²) in [5, 5.41) is 6.38. The zero-order chi connectivity index (χ0) is 23.8. The van der Waals surface area contributed by atoms with Crippen LogP contribution in [0.4, 0.5) is 13.2 Å². The second-order valence-corrected chi connectivity index (χ2v) is 9.03. The zero-order valence-corrected chi connectivity index (χ0v) is 18.9. The molecular weight excluding hydrogens is 431 g/mol. The molecule has 1 atom stereocenters. The molecular formula is C24H28F3N5O. The molecule has 176 valence electrons. The minimum atomic E-state index is -4.36. The van der Waals surface area contributed by atoms with E-state index in [0.717, 1.165) is 34.6 Å². The van der Waals surface area contributed by atoms with Gasteiger partial charge in [-0.15, -0.1) is 0 Å². The predicted octanol–water partition coefficient (Wildman–Crippen LogP) is 3.49.